The van der Waals surface area contributed by atoms with E-state index in [-0.39, 0.29) is 11.6 Å². The molecule has 0 radical (unpaired) electrons. The minimum Gasteiger partial charge on any atom is -0.477 e. The molecule has 1 aromatic carbocycles. The molecule has 2 rings (SSSR count). The molecule has 1 aromatic heterocycles. The molecule has 4 N–H and O–H groups in total. The number of nitrogens with zero attached hydrogens (tertiary/aromatic N) is 1. The van der Waals surface area contributed by atoms with Gasteiger partial charge in [-0.2, -0.15) is 0 Å². The van der Waals surface area contributed by atoms with E-state index < -0.39 is 5.97 Å². The van der Waals surface area contributed by atoms with Crippen molar-refractivity contribution >= 4 is 11.9 Å². The molecule has 0 aliphatic rings. The Bertz CT molecular complexity index is 646. The first-order valence-electron chi connectivity index (χ1n) is 5.99. The fourth-order valence-electron chi connectivity index (χ4n) is 2.30. The van der Waals surface area contributed by atoms with Gasteiger partial charge >= 0.3 is 5.97 Å². The smallest absolute Gasteiger partial charge is 0.354 e. The maximum Gasteiger partial charge on any atom is 0.354 e. The number of carboxylic acids is 1. The van der Waals surface area contributed by atoms with Crippen LogP contribution in [0.1, 0.15) is 32.7 Å². The predicted molar refractivity (Wildman–Crippen MR) is 74.3 cm³/mol. The highest BCUT2D eigenvalue weighted by Crippen LogP contribution is 2.32. The number of nitrogens with two attached hydrogens (primary N) is 1. The van der Waals surface area contributed by atoms with Crippen molar-refractivity contribution in [3.63, 3.8) is 0 Å². The van der Waals surface area contributed by atoms with Gasteiger partial charge in [-0.25, -0.2) is 9.78 Å². The molecular formula is C14H17N3O2. The second-order valence-electron chi connectivity index (χ2n) is 4.79. The first-order valence-corrected chi connectivity index (χ1v) is 5.99. The molecule has 0 aliphatic carbocycles. The van der Waals surface area contributed by atoms with Gasteiger partial charge in [0.05, 0.1) is 0 Å². The third-order valence-electron chi connectivity index (χ3n) is 3.54. The number of imidazole rings is 1. The van der Waals surface area contributed by atoms with E-state index in [0.717, 1.165) is 27.8 Å². The number of nitrogens with one attached hydrogen (secondary N) is 1. The lowest BCUT2D eigenvalue weighted by Crippen LogP contribution is -2.02. The Morgan fingerprint density at radius 2 is 1.74 bits per heavy atom. The van der Waals surface area contributed by atoms with E-state index in [1.165, 1.54) is 0 Å². The molecule has 5 heteroatoms. The van der Waals surface area contributed by atoms with Gasteiger partial charge in [0.1, 0.15) is 5.69 Å². The summed E-state index contributed by atoms with van der Waals surface area (Å²) in [5.74, 6) is -0.942. The SMILES string of the molecule is Cc1cc(C)c(C)c(-c2nc(N)[nH]c2C(=O)O)c1C. The van der Waals surface area contributed by atoms with Gasteiger partial charge in [0, 0.05) is 5.56 Å². The Hall–Kier alpha value is -2.30. The first kappa shape index (κ1) is 13.1. The quantitative estimate of drug-likeness (QED) is 0.773. The number of aromatic nitrogens is 2. The lowest BCUT2D eigenvalue weighted by atomic mass is 9.91. The van der Waals surface area contributed by atoms with E-state index in [2.05, 4.69) is 16.0 Å². The molecular weight excluding hydrogens is 242 g/mol. The highest BCUT2D eigenvalue weighted by molar-refractivity contribution is 5.94. The fraction of sp³-hybridized carbons (Fsp3) is 0.286. The van der Waals surface area contributed by atoms with Crippen LogP contribution in [0, 0.1) is 27.7 Å². The van der Waals surface area contributed by atoms with E-state index in [9.17, 15) is 9.90 Å². The largest absolute Gasteiger partial charge is 0.477 e. The summed E-state index contributed by atoms with van der Waals surface area (Å²) < 4.78 is 0. The van der Waals surface area contributed by atoms with Crippen LogP contribution in [0.15, 0.2) is 6.07 Å². The molecule has 100 valence electrons. The second kappa shape index (κ2) is 4.42. The van der Waals surface area contributed by atoms with Crippen LogP contribution in [0.5, 0.6) is 0 Å². The molecule has 0 saturated carbocycles. The number of benzene rings is 1. The van der Waals surface area contributed by atoms with Crippen LogP contribution < -0.4 is 5.73 Å². The van der Waals surface area contributed by atoms with Crippen LogP contribution in [-0.4, -0.2) is 21.0 Å². The Balaban J connectivity index is 2.83. The zero-order valence-electron chi connectivity index (χ0n) is 11.5. The van der Waals surface area contributed by atoms with Crippen LogP contribution in [-0.2, 0) is 0 Å². The average Bonchev–Trinajstić information content (AvgIpc) is 2.69. The van der Waals surface area contributed by atoms with E-state index >= 15 is 0 Å². The van der Waals surface area contributed by atoms with Crippen molar-refractivity contribution in [3.8, 4) is 11.3 Å². The van der Waals surface area contributed by atoms with Crippen molar-refractivity contribution in [2.75, 3.05) is 5.73 Å². The van der Waals surface area contributed by atoms with Crippen LogP contribution in [0.3, 0.4) is 0 Å². The molecule has 19 heavy (non-hydrogen) atoms. The summed E-state index contributed by atoms with van der Waals surface area (Å²) in [6.07, 6.45) is 0. The molecule has 0 unspecified atom stereocenters. The lowest BCUT2D eigenvalue weighted by Gasteiger charge is -2.14. The summed E-state index contributed by atoms with van der Waals surface area (Å²) in [5.41, 5.74) is 11.2. The number of aromatic carboxylic acids is 1. The molecule has 0 atom stereocenters. The summed E-state index contributed by atoms with van der Waals surface area (Å²) >= 11 is 0. The number of hydrogen-bond donors (Lipinski definition) is 3. The molecule has 0 aliphatic heterocycles. The van der Waals surface area contributed by atoms with Crippen molar-refractivity contribution in [1.82, 2.24) is 9.97 Å². The Labute approximate surface area is 111 Å². The third kappa shape index (κ3) is 2.07. The van der Waals surface area contributed by atoms with E-state index in [1.54, 1.807) is 0 Å². The number of rotatable bonds is 2. The number of aryl methyl sites for hydroxylation is 2. The highest BCUT2D eigenvalue weighted by atomic mass is 16.4. The van der Waals surface area contributed by atoms with Gasteiger partial charge in [-0.1, -0.05) is 6.07 Å². The number of carboxylic acid groups (broad SMARTS) is 1. The lowest BCUT2D eigenvalue weighted by molar-refractivity contribution is 0.0692. The maximum absolute atomic E-state index is 11.3. The van der Waals surface area contributed by atoms with E-state index in [1.807, 2.05) is 27.7 Å². The Morgan fingerprint density at radius 3 is 2.21 bits per heavy atom. The van der Waals surface area contributed by atoms with Gasteiger partial charge in [0.15, 0.2) is 11.6 Å². The van der Waals surface area contributed by atoms with Crippen molar-refractivity contribution in [2.24, 2.45) is 0 Å². The third-order valence-corrected chi connectivity index (χ3v) is 3.54. The number of anilines is 1. The number of aromatic amines is 1. The maximum atomic E-state index is 11.3. The monoisotopic (exact) mass is 259 g/mol. The van der Waals surface area contributed by atoms with Gasteiger partial charge in [0.25, 0.3) is 0 Å². The van der Waals surface area contributed by atoms with Gasteiger partial charge in [0.2, 0.25) is 0 Å². The number of H-pyrrole nitrogens is 1. The van der Waals surface area contributed by atoms with Crippen molar-refractivity contribution in [2.45, 2.75) is 27.7 Å². The zero-order chi connectivity index (χ0) is 14.3. The summed E-state index contributed by atoms with van der Waals surface area (Å²) in [6.45, 7) is 7.94. The summed E-state index contributed by atoms with van der Waals surface area (Å²) in [4.78, 5) is 18.0. The van der Waals surface area contributed by atoms with Gasteiger partial charge < -0.3 is 15.8 Å². The minimum absolute atomic E-state index is 0.0358. The Morgan fingerprint density at radius 1 is 1.21 bits per heavy atom. The molecule has 0 bridgehead atoms. The predicted octanol–water partition coefficient (Wildman–Crippen LogP) is 2.59. The van der Waals surface area contributed by atoms with Crippen LogP contribution in [0.4, 0.5) is 5.95 Å². The van der Waals surface area contributed by atoms with Gasteiger partial charge in [-0.05, 0) is 49.9 Å². The summed E-state index contributed by atoms with van der Waals surface area (Å²) in [7, 11) is 0. The molecule has 0 saturated heterocycles. The number of hydrogen-bond acceptors (Lipinski definition) is 3. The fourth-order valence-corrected chi connectivity index (χ4v) is 2.30. The number of nitrogen functional groups attached to an aromatic ring is 1. The molecule has 0 spiro atoms. The van der Waals surface area contributed by atoms with Crippen LogP contribution in [0.25, 0.3) is 11.3 Å². The average molecular weight is 259 g/mol. The molecule has 0 fully saturated rings. The number of carbonyl (C=O) groups is 1. The zero-order valence-corrected chi connectivity index (χ0v) is 11.5. The normalized spacial score (nSPS) is 10.7. The minimum atomic E-state index is -1.06. The van der Waals surface area contributed by atoms with Gasteiger partial charge in [-0.15, -0.1) is 0 Å². The first-order chi connectivity index (χ1) is 8.82. The summed E-state index contributed by atoms with van der Waals surface area (Å²) in [6, 6.07) is 2.09. The second-order valence-corrected chi connectivity index (χ2v) is 4.79. The van der Waals surface area contributed by atoms with E-state index in [0.29, 0.717) is 5.69 Å². The molecule has 1 heterocycles. The van der Waals surface area contributed by atoms with Crippen LogP contribution in [0.2, 0.25) is 0 Å². The topological polar surface area (TPSA) is 92.0 Å². The van der Waals surface area contributed by atoms with E-state index in [4.69, 9.17) is 5.73 Å². The Kier molecular flexibility index (Phi) is 3.06. The highest BCUT2D eigenvalue weighted by Gasteiger charge is 2.21. The standard InChI is InChI=1S/C14H17N3O2/c1-6-5-7(2)9(4)10(8(6)3)11-12(13(18)19)17-14(15)16-11/h5H,1-4H3,(H,18,19)(H3,15,16,17). The van der Waals surface area contributed by atoms with Gasteiger partial charge in [-0.3, -0.25) is 0 Å². The van der Waals surface area contributed by atoms with Crippen molar-refractivity contribution in [1.29, 1.82) is 0 Å². The molecule has 0 amide bonds. The van der Waals surface area contributed by atoms with Crippen molar-refractivity contribution < 1.29 is 9.90 Å². The molecule has 5 nitrogen and oxygen atoms in total. The molecule has 2 aromatic rings. The van der Waals surface area contributed by atoms with Crippen molar-refractivity contribution in [3.05, 3.63) is 34.0 Å². The summed E-state index contributed by atoms with van der Waals surface area (Å²) in [5, 5.41) is 9.23. The van der Waals surface area contributed by atoms with Crippen LogP contribution >= 0.6 is 0 Å².